The number of hydrogen-bond donors (Lipinski definition) is 1. The fourth-order valence-electron chi connectivity index (χ4n) is 2.57. The number of aryl methyl sites for hydroxylation is 3. The first-order valence-corrected chi connectivity index (χ1v) is 5.90. The minimum absolute atomic E-state index is 0.334. The molecule has 0 fully saturated rings. The molecule has 17 heavy (non-hydrogen) atoms. The molecular formula is C13H14N2O2. The summed E-state index contributed by atoms with van der Waals surface area (Å²) in [5.74, 6) is -0.881. The number of carboxylic acids is 1. The quantitative estimate of drug-likeness (QED) is 0.817. The molecule has 2 aromatic rings. The lowest BCUT2D eigenvalue weighted by molar-refractivity contribution is 0.0696. The van der Waals surface area contributed by atoms with Crippen LogP contribution in [0, 0.1) is 6.92 Å². The first kappa shape index (κ1) is 10.3. The maximum atomic E-state index is 11.1. The van der Waals surface area contributed by atoms with Crippen LogP contribution in [0.25, 0.3) is 5.65 Å². The highest BCUT2D eigenvalue weighted by atomic mass is 16.4. The molecule has 0 amide bonds. The van der Waals surface area contributed by atoms with Gasteiger partial charge in [-0.2, -0.15) is 0 Å². The van der Waals surface area contributed by atoms with Crippen LogP contribution in [0.15, 0.2) is 12.3 Å². The van der Waals surface area contributed by atoms with E-state index >= 15 is 0 Å². The minimum atomic E-state index is -0.881. The van der Waals surface area contributed by atoms with E-state index in [1.54, 1.807) is 12.3 Å². The van der Waals surface area contributed by atoms with Crippen molar-refractivity contribution in [1.82, 2.24) is 9.38 Å². The molecular weight excluding hydrogens is 216 g/mol. The average Bonchev–Trinajstić information content (AvgIpc) is 2.68. The Bertz CT molecular complexity index is 613. The van der Waals surface area contributed by atoms with Gasteiger partial charge in [-0.15, -0.1) is 0 Å². The van der Waals surface area contributed by atoms with Crippen LogP contribution in [0.3, 0.4) is 0 Å². The predicted molar refractivity (Wildman–Crippen MR) is 63.5 cm³/mol. The van der Waals surface area contributed by atoms with Crippen LogP contribution >= 0.6 is 0 Å². The van der Waals surface area contributed by atoms with E-state index in [1.165, 1.54) is 12.1 Å². The maximum absolute atomic E-state index is 11.1. The fourth-order valence-corrected chi connectivity index (χ4v) is 2.57. The molecule has 1 N–H and O–H groups in total. The summed E-state index contributed by atoms with van der Waals surface area (Å²) in [4.78, 5) is 15.7. The van der Waals surface area contributed by atoms with Gasteiger partial charge in [0, 0.05) is 11.9 Å². The van der Waals surface area contributed by atoms with Gasteiger partial charge in [0.05, 0.1) is 11.3 Å². The normalized spacial score (nSPS) is 14.9. The van der Waals surface area contributed by atoms with Crippen LogP contribution in [-0.4, -0.2) is 20.5 Å². The van der Waals surface area contributed by atoms with Gasteiger partial charge in [-0.05, 0) is 44.2 Å². The Balaban J connectivity index is 2.32. The summed E-state index contributed by atoms with van der Waals surface area (Å²) in [6.45, 7) is 1.92. The zero-order valence-corrected chi connectivity index (χ0v) is 9.73. The monoisotopic (exact) mass is 230 g/mol. The number of rotatable bonds is 1. The van der Waals surface area contributed by atoms with Crippen molar-refractivity contribution in [2.75, 3.05) is 0 Å². The van der Waals surface area contributed by atoms with Gasteiger partial charge in [-0.25, -0.2) is 9.78 Å². The fraction of sp³-hybridized carbons (Fsp3) is 0.385. The number of imidazole rings is 1. The van der Waals surface area contributed by atoms with Gasteiger partial charge >= 0.3 is 5.97 Å². The molecule has 0 saturated heterocycles. The van der Waals surface area contributed by atoms with Crippen molar-refractivity contribution in [3.05, 3.63) is 34.8 Å². The van der Waals surface area contributed by atoms with Crippen molar-refractivity contribution in [3.8, 4) is 0 Å². The van der Waals surface area contributed by atoms with Gasteiger partial charge < -0.3 is 9.51 Å². The Morgan fingerprint density at radius 2 is 2.18 bits per heavy atom. The molecule has 0 radical (unpaired) electrons. The molecule has 0 bridgehead atoms. The summed E-state index contributed by atoms with van der Waals surface area (Å²) in [7, 11) is 0. The molecule has 0 atom stereocenters. The lowest BCUT2D eigenvalue weighted by atomic mass is 10.0. The molecule has 1 aliphatic carbocycles. The lowest BCUT2D eigenvalue weighted by Gasteiger charge is -2.10. The Hall–Kier alpha value is -1.84. The second kappa shape index (κ2) is 3.58. The number of aromatic nitrogens is 2. The predicted octanol–water partition coefficient (Wildman–Crippen LogP) is 2.22. The number of hydrogen-bond acceptors (Lipinski definition) is 2. The molecule has 4 nitrogen and oxygen atoms in total. The van der Waals surface area contributed by atoms with Gasteiger partial charge in [0.1, 0.15) is 5.65 Å². The molecule has 0 unspecified atom stereocenters. The smallest absolute Gasteiger partial charge is 0.337 e. The van der Waals surface area contributed by atoms with E-state index in [1.807, 2.05) is 11.3 Å². The van der Waals surface area contributed by atoms with E-state index < -0.39 is 5.97 Å². The Kier molecular flexibility index (Phi) is 2.18. The first-order chi connectivity index (χ1) is 8.16. The number of aromatic carboxylic acids is 1. The Labute approximate surface area is 98.9 Å². The topological polar surface area (TPSA) is 54.6 Å². The van der Waals surface area contributed by atoms with E-state index in [0.29, 0.717) is 5.56 Å². The third-order valence-electron chi connectivity index (χ3n) is 3.41. The SMILES string of the molecule is Cc1cc(C(=O)O)cn2c3c(nc12)CCCC3. The molecule has 0 spiro atoms. The molecule has 0 saturated carbocycles. The number of nitrogens with zero attached hydrogens (tertiary/aromatic N) is 2. The Morgan fingerprint density at radius 1 is 1.41 bits per heavy atom. The third kappa shape index (κ3) is 1.52. The number of carboxylic acid groups (broad SMARTS) is 1. The van der Waals surface area contributed by atoms with Crippen LogP contribution in [0.2, 0.25) is 0 Å². The molecule has 3 rings (SSSR count). The molecule has 1 aliphatic rings. The molecule has 2 heterocycles. The summed E-state index contributed by atoms with van der Waals surface area (Å²) in [5.41, 5.74) is 4.50. The van der Waals surface area contributed by atoms with Gasteiger partial charge in [0.25, 0.3) is 0 Å². The van der Waals surface area contributed by atoms with E-state index in [-0.39, 0.29) is 0 Å². The standard InChI is InChI=1S/C13H14N2O2/c1-8-6-9(13(16)17)7-15-11-5-3-2-4-10(11)14-12(8)15/h6-7H,2-5H2,1H3,(H,16,17). The van der Waals surface area contributed by atoms with Crippen molar-refractivity contribution in [2.24, 2.45) is 0 Å². The van der Waals surface area contributed by atoms with Crippen LogP contribution in [0.4, 0.5) is 0 Å². The van der Waals surface area contributed by atoms with Gasteiger partial charge in [-0.3, -0.25) is 0 Å². The van der Waals surface area contributed by atoms with Crippen molar-refractivity contribution in [1.29, 1.82) is 0 Å². The number of carbonyl (C=O) groups is 1. The highest BCUT2D eigenvalue weighted by Crippen LogP contribution is 2.24. The van der Waals surface area contributed by atoms with Gasteiger partial charge in [0.2, 0.25) is 0 Å². The summed E-state index contributed by atoms with van der Waals surface area (Å²) in [6.07, 6.45) is 6.05. The van der Waals surface area contributed by atoms with E-state index in [9.17, 15) is 4.79 Å². The number of fused-ring (bicyclic) bond motifs is 3. The molecule has 2 aromatic heterocycles. The first-order valence-electron chi connectivity index (χ1n) is 5.90. The summed E-state index contributed by atoms with van der Waals surface area (Å²) in [6, 6.07) is 1.69. The van der Waals surface area contributed by atoms with Crippen molar-refractivity contribution < 1.29 is 9.90 Å². The van der Waals surface area contributed by atoms with Crippen LogP contribution < -0.4 is 0 Å². The van der Waals surface area contributed by atoms with Crippen molar-refractivity contribution >= 4 is 11.6 Å². The van der Waals surface area contributed by atoms with Crippen LogP contribution in [0.5, 0.6) is 0 Å². The van der Waals surface area contributed by atoms with E-state index in [4.69, 9.17) is 5.11 Å². The van der Waals surface area contributed by atoms with E-state index in [2.05, 4.69) is 4.98 Å². The zero-order chi connectivity index (χ0) is 12.0. The third-order valence-corrected chi connectivity index (χ3v) is 3.41. The molecule has 0 aromatic carbocycles. The van der Waals surface area contributed by atoms with Crippen LogP contribution in [0.1, 0.15) is 40.2 Å². The Morgan fingerprint density at radius 3 is 2.94 bits per heavy atom. The molecule has 88 valence electrons. The number of pyridine rings is 1. The van der Waals surface area contributed by atoms with Gasteiger partial charge in [0.15, 0.2) is 0 Å². The second-order valence-electron chi connectivity index (χ2n) is 4.62. The zero-order valence-electron chi connectivity index (χ0n) is 9.73. The largest absolute Gasteiger partial charge is 0.478 e. The minimum Gasteiger partial charge on any atom is -0.478 e. The van der Waals surface area contributed by atoms with E-state index in [0.717, 1.165) is 36.2 Å². The molecule has 0 aliphatic heterocycles. The van der Waals surface area contributed by atoms with Crippen molar-refractivity contribution in [3.63, 3.8) is 0 Å². The maximum Gasteiger partial charge on any atom is 0.337 e. The summed E-state index contributed by atoms with van der Waals surface area (Å²) >= 11 is 0. The average molecular weight is 230 g/mol. The van der Waals surface area contributed by atoms with Gasteiger partial charge in [-0.1, -0.05) is 0 Å². The van der Waals surface area contributed by atoms with Crippen LogP contribution in [-0.2, 0) is 12.8 Å². The highest BCUT2D eigenvalue weighted by Gasteiger charge is 2.18. The second-order valence-corrected chi connectivity index (χ2v) is 4.62. The molecule has 4 heteroatoms. The van der Waals surface area contributed by atoms with Crippen molar-refractivity contribution in [2.45, 2.75) is 32.6 Å². The summed E-state index contributed by atoms with van der Waals surface area (Å²) < 4.78 is 1.97. The lowest BCUT2D eigenvalue weighted by Crippen LogP contribution is -2.05. The summed E-state index contributed by atoms with van der Waals surface area (Å²) in [5, 5.41) is 9.08. The highest BCUT2D eigenvalue weighted by molar-refractivity contribution is 5.88.